The standard InChI is InChI=1S/C22H30O4.C3H4O/c1-16-4-8-20(17(2)12-16)21-9-7-18(5-6-19(14-23)15-24)13-22(21)26-11-10-25-3;1-2-3-4/h4,7-9,12-13,19,23-24H,5-6,10-11,14-15H2,1-3H3;2-3H,1H2. The van der Waals surface area contributed by atoms with E-state index in [0.29, 0.717) is 19.5 Å². The van der Waals surface area contributed by atoms with E-state index < -0.39 is 0 Å². The molecule has 2 N–H and O–H groups in total. The Morgan fingerprint density at radius 1 is 1.03 bits per heavy atom. The Labute approximate surface area is 180 Å². The van der Waals surface area contributed by atoms with E-state index in [9.17, 15) is 10.2 Å². The lowest BCUT2D eigenvalue weighted by Crippen LogP contribution is -2.12. The number of benzene rings is 2. The summed E-state index contributed by atoms with van der Waals surface area (Å²) in [5, 5.41) is 18.5. The number of aliphatic hydroxyl groups excluding tert-OH is 2. The first-order valence-electron chi connectivity index (χ1n) is 10.1. The summed E-state index contributed by atoms with van der Waals surface area (Å²) in [6, 6.07) is 12.7. The summed E-state index contributed by atoms with van der Waals surface area (Å²) in [5.41, 5.74) is 5.83. The number of aryl methyl sites for hydroxylation is 3. The SMILES string of the molecule is C=CC=O.COCCOc1cc(CCC(CO)CO)ccc1-c1ccc(C)cc1C. The molecule has 2 aromatic carbocycles. The average molecular weight is 415 g/mol. The molecule has 0 saturated carbocycles. The minimum Gasteiger partial charge on any atom is -0.491 e. The quantitative estimate of drug-likeness (QED) is 0.331. The first kappa shape index (κ1) is 25.6. The highest BCUT2D eigenvalue weighted by atomic mass is 16.5. The van der Waals surface area contributed by atoms with Gasteiger partial charge in [-0.3, -0.25) is 4.79 Å². The highest BCUT2D eigenvalue weighted by Gasteiger charge is 2.12. The molecular weight excluding hydrogens is 380 g/mol. The van der Waals surface area contributed by atoms with E-state index in [4.69, 9.17) is 14.3 Å². The van der Waals surface area contributed by atoms with Gasteiger partial charge in [-0.05, 0) is 55.5 Å². The van der Waals surface area contributed by atoms with Gasteiger partial charge in [-0.2, -0.15) is 0 Å². The summed E-state index contributed by atoms with van der Waals surface area (Å²) in [7, 11) is 1.66. The van der Waals surface area contributed by atoms with Crippen molar-refractivity contribution in [2.75, 3.05) is 33.5 Å². The van der Waals surface area contributed by atoms with Crippen molar-refractivity contribution in [3.63, 3.8) is 0 Å². The van der Waals surface area contributed by atoms with Crippen LogP contribution in [0, 0.1) is 19.8 Å². The maximum Gasteiger partial charge on any atom is 0.142 e. The predicted molar refractivity (Wildman–Crippen MR) is 121 cm³/mol. The molecule has 0 fully saturated rings. The number of methoxy groups -OCH3 is 1. The van der Waals surface area contributed by atoms with Crippen LogP contribution in [0.3, 0.4) is 0 Å². The van der Waals surface area contributed by atoms with Gasteiger partial charge in [-0.1, -0.05) is 42.5 Å². The lowest BCUT2D eigenvalue weighted by molar-refractivity contribution is -0.104. The molecule has 164 valence electrons. The first-order chi connectivity index (χ1) is 14.5. The minimum absolute atomic E-state index is 0.00827. The van der Waals surface area contributed by atoms with Crippen LogP contribution < -0.4 is 4.74 Å². The molecule has 5 heteroatoms. The van der Waals surface area contributed by atoms with Crippen molar-refractivity contribution < 1.29 is 24.5 Å². The maximum absolute atomic E-state index is 9.25. The Bertz CT molecular complexity index is 775. The Kier molecular flexibility index (Phi) is 12.4. The van der Waals surface area contributed by atoms with Gasteiger partial charge >= 0.3 is 0 Å². The van der Waals surface area contributed by atoms with Crippen LogP contribution in [0.15, 0.2) is 49.1 Å². The molecule has 0 bridgehead atoms. The number of hydrogen-bond donors (Lipinski definition) is 2. The second kappa shape index (κ2) is 14.5. The molecule has 0 aromatic heterocycles. The summed E-state index contributed by atoms with van der Waals surface area (Å²) >= 11 is 0. The highest BCUT2D eigenvalue weighted by molar-refractivity contribution is 5.74. The third-order valence-corrected chi connectivity index (χ3v) is 4.72. The van der Waals surface area contributed by atoms with Crippen LogP contribution in [-0.2, 0) is 16.0 Å². The van der Waals surface area contributed by atoms with Gasteiger partial charge in [-0.15, -0.1) is 0 Å². The van der Waals surface area contributed by atoms with Gasteiger partial charge in [0.1, 0.15) is 18.6 Å². The van der Waals surface area contributed by atoms with Gasteiger partial charge in [0.15, 0.2) is 0 Å². The Morgan fingerprint density at radius 3 is 2.27 bits per heavy atom. The second-order valence-corrected chi connectivity index (χ2v) is 7.13. The summed E-state index contributed by atoms with van der Waals surface area (Å²) in [4.78, 5) is 9.06. The predicted octanol–water partition coefficient (Wildman–Crippen LogP) is 3.90. The number of rotatable bonds is 11. The third kappa shape index (κ3) is 8.49. The molecule has 2 rings (SSSR count). The molecule has 0 saturated heterocycles. The normalized spacial score (nSPS) is 10.3. The zero-order chi connectivity index (χ0) is 22.4. The molecule has 0 heterocycles. The van der Waals surface area contributed by atoms with Crippen LogP contribution in [0.5, 0.6) is 5.75 Å². The fourth-order valence-electron chi connectivity index (χ4n) is 3.03. The minimum atomic E-state index is -0.0770. The van der Waals surface area contributed by atoms with Crippen molar-refractivity contribution >= 4 is 6.29 Å². The van der Waals surface area contributed by atoms with Crippen molar-refractivity contribution in [3.8, 4) is 16.9 Å². The monoisotopic (exact) mass is 414 g/mol. The van der Waals surface area contributed by atoms with Crippen LogP contribution in [0.4, 0.5) is 0 Å². The largest absolute Gasteiger partial charge is 0.491 e. The molecule has 2 aromatic rings. The van der Waals surface area contributed by atoms with Gasteiger partial charge in [0.05, 0.1) is 6.61 Å². The van der Waals surface area contributed by atoms with Gasteiger partial charge in [0, 0.05) is 31.8 Å². The van der Waals surface area contributed by atoms with E-state index in [-0.39, 0.29) is 19.1 Å². The van der Waals surface area contributed by atoms with Crippen molar-refractivity contribution in [1.82, 2.24) is 0 Å². The second-order valence-electron chi connectivity index (χ2n) is 7.13. The van der Waals surface area contributed by atoms with E-state index in [0.717, 1.165) is 35.3 Å². The molecule has 0 amide bonds. The molecular formula is C25H34O5. The van der Waals surface area contributed by atoms with Gasteiger partial charge in [-0.25, -0.2) is 0 Å². The molecule has 0 aliphatic carbocycles. The zero-order valence-corrected chi connectivity index (χ0v) is 18.3. The number of aliphatic hydroxyl groups is 2. The summed E-state index contributed by atoms with van der Waals surface area (Å²) < 4.78 is 11.1. The summed E-state index contributed by atoms with van der Waals surface area (Å²) in [6.45, 7) is 8.36. The smallest absolute Gasteiger partial charge is 0.142 e. The Hall–Kier alpha value is -2.47. The van der Waals surface area contributed by atoms with Crippen molar-refractivity contribution in [2.24, 2.45) is 5.92 Å². The van der Waals surface area contributed by atoms with Gasteiger partial charge in [0.25, 0.3) is 0 Å². The number of allylic oxidation sites excluding steroid dienone is 1. The number of carbonyl (C=O) groups is 1. The van der Waals surface area contributed by atoms with Crippen LogP contribution >= 0.6 is 0 Å². The summed E-state index contributed by atoms with van der Waals surface area (Å²) in [6.07, 6.45) is 3.37. The average Bonchev–Trinajstić information content (AvgIpc) is 2.75. The molecule has 0 atom stereocenters. The van der Waals surface area contributed by atoms with Crippen LogP contribution in [0.25, 0.3) is 11.1 Å². The maximum atomic E-state index is 9.25. The molecule has 0 unspecified atom stereocenters. The number of ether oxygens (including phenoxy) is 2. The topological polar surface area (TPSA) is 76.0 Å². The lowest BCUT2D eigenvalue weighted by Gasteiger charge is -2.16. The Morgan fingerprint density at radius 2 is 1.70 bits per heavy atom. The highest BCUT2D eigenvalue weighted by Crippen LogP contribution is 2.34. The van der Waals surface area contributed by atoms with E-state index in [1.807, 2.05) is 0 Å². The molecule has 0 aliphatic heterocycles. The van der Waals surface area contributed by atoms with E-state index in [1.165, 1.54) is 17.2 Å². The van der Waals surface area contributed by atoms with Crippen molar-refractivity contribution in [3.05, 3.63) is 65.7 Å². The number of carbonyl (C=O) groups excluding carboxylic acids is 1. The zero-order valence-electron chi connectivity index (χ0n) is 18.3. The molecule has 0 radical (unpaired) electrons. The lowest BCUT2D eigenvalue weighted by atomic mass is 9.95. The Balaban J connectivity index is 0.00000103. The van der Waals surface area contributed by atoms with Crippen LogP contribution in [0.1, 0.15) is 23.1 Å². The third-order valence-electron chi connectivity index (χ3n) is 4.72. The first-order valence-corrected chi connectivity index (χ1v) is 10.1. The van der Waals surface area contributed by atoms with E-state index in [2.05, 4.69) is 56.8 Å². The number of hydrogen-bond acceptors (Lipinski definition) is 5. The fourth-order valence-corrected chi connectivity index (χ4v) is 3.03. The molecule has 30 heavy (non-hydrogen) atoms. The molecule has 5 nitrogen and oxygen atoms in total. The molecule has 0 aliphatic rings. The van der Waals surface area contributed by atoms with Crippen LogP contribution in [0.2, 0.25) is 0 Å². The van der Waals surface area contributed by atoms with E-state index >= 15 is 0 Å². The van der Waals surface area contributed by atoms with Crippen LogP contribution in [-0.4, -0.2) is 50.0 Å². The number of aldehydes is 1. The fraction of sp³-hybridized carbons (Fsp3) is 0.400. The molecule has 0 spiro atoms. The summed E-state index contributed by atoms with van der Waals surface area (Å²) in [5.74, 6) is 0.767. The van der Waals surface area contributed by atoms with E-state index in [1.54, 1.807) is 7.11 Å². The van der Waals surface area contributed by atoms with Crippen molar-refractivity contribution in [1.29, 1.82) is 0 Å². The van der Waals surface area contributed by atoms with Gasteiger partial charge in [0.2, 0.25) is 0 Å². The van der Waals surface area contributed by atoms with Gasteiger partial charge < -0.3 is 19.7 Å². The van der Waals surface area contributed by atoms with Crippen molar-refractivity contribution in [2.45, 2.75) is 26.7 Å².